The van der Waals surface area contributed by atoms with E-state index in [1.54, 1.807) is 0 Å². The summed E-state index contributed by atoms with van der Waals surface area (Å²) in [5.74, 6) is 1.87. The van der Waals surface area contributed by atoms with Crippen molar-refractivity contribution in [2.75, 3.05) is 6.54 Å². The number of aryl methyl sites for hydroxylation is 1. The van der Waals surface area contributed by atoms with Gasteiger partial charge in [0.2, 0.25) is 0 Å². The number of aromatic nitrogens is 3. The Hall–Kier alpha value is -0.550. The van der Waals surface area contributed by atoms with E-state index < -0.39 is 0 Å². The van der Waals surface area contributed by atoms with Gasteiger partial charge in [-0.25, -0.2) is 0 Å². The minimum Gasteiger partial charge on any atom is -0.330 e. The van der Waals surface area contributed by atoms with Gasteiger partial charge in [-0.2, -0.15) is 0 Å². The van der Waals surface area contributed by atoms with E-state index in [-0.39, 0.29) is 0 Å². The van der Waals surface area contributed by atoms with Crippen molar-refractivity contribution in [2.45, 2.75) is 61.9 Å². The van der Waals surface area contributed by atoms with Crippen LogP contribution in [0.4, 0.5) is 0 Å². The molecule has 5 heteroatoms. The predicted molar refractivity (Wildman–Crippen MR) is 73.6 cm³/mol. The number of nitrogens with two attached hydrogens (primary N) is 1. The summed E-state index contributed by atoms with van der Waals surface area (Å²) in [6, 6.07) is 0. The highest BCUT2D eigenvalue weighted by Gasteiger charge is 2.29. The predicted octanol–water partition coefficient (Wildman–Crippen LogP) is 2.22. The van der Waals surface area contributed by atoms with Crippen LogP contribution in [-0.4, -0.2) is 26.6 Å². The third-order valence-electron chi connectivity index (χ3n) is 4.22. The average Bonchev–Trinajstić information content (AvgIpc) is 2.91. The van der Waals surface area contributed by atoms with E-state index >= 15 is 0 Å². The summed E-state index contributed by atoms with van der Waals surface area (Å²) in [6.45, 7) is 1.92. The van der Waals surface area contributed by atoms with Gasteiger partial charge >= 0.3 is 0 Å². The standard InChI is InChI=1S/C13H22N4S/c14-9-10-5-4-6-11(10)18-13-16-15-12-7-2-1-3-8-17(12)13/h10-11H,1-9,14H2. The molecule has 1 fully saturated rings. The van der Waals surface area contributed by atoms with E-state index in [1.165, 1.54) is 44.3 Å². The number of hydrogen-bond donors (Lipinski definition) is 1. The summed E-state index contributed by atoms with van der Waals surface area (Å²) in [7, 11) is 0. The number of rotatable bonds is 3. The fourth-order valence-corrected chi connectivity index (χ4v) is 4.52. The van der Waals surface area contributed by atoms with Crippen LogP contribution in [0.15, 0.2) is 5.16 Å². The van der Waals surface area contributed by atoms with Gasteiger partial charge < -0.3 is 10.3 Å². The molecule has 2 atom stereocenters. The van der Waals surface area contributed by atoms with Crippen LogP contribution in [0, 0.1) is 5.92 Å². The van der Waals surface area contributed by atoms with Crippen molar-refractivity contribution < 1.29 is 0 Å². The SMILES string of the molecule is NCC1CCCC1Sc1nnc2n1CCCCC2. The molecule has 4 nitrogen and oxygen atoms in total. The lowest BCUT2D eigenvalue weighted by Gasteiger charge is -2.17. The van der Waals surface area contributed by atoms with Crippen LogP contribution in [0.3, 0.4) is 0 Å². The van der Waals surface area contributed by atoms with Gasteiger partial charge in [0.1, 0.15) is 5.82 Å². The number of hydrogen-bond acceptors (Lipinski definition) is 4. The molecule has 0 bridgehead atoms. The molecule has 1 aliphatic heterocycles. The zero-order chi connectivity index (χ0) is 12.4. The van der Waals surface area contributed by atoms with Crippen LogP contribution >= 0.6 is 11.8 Å². The maximum absolute atomic E-state index is 5.86. The first-order valence-corrected chi connectivity index (χ1v) is 8.05. The lowest BCUT2D eigenvalue weighted by atomic mass is 10.1. The highest BCUT2D eigenvalue weighted by Crippen LogP contribution is 2.38. The molecule has 2 N–H and O–H groups in total. The number of nitrogens with zero attached hydrogens (tertiary/aromatic N) is 3. The van der Waals surface area contributed by atoms with Crippen molar-refractivity contribution in [2.24, 2.45) is 11.7 Å². The Labute approximate surface area is 113 Å². The lowest BCUT2D eigenvalue weighted by Crippen LogP contribution is -2.20. The molecule has 0 amide bonds. The van der Waals surface area contributed by atoms with Crippen molar-refractivity contribution in [1.82, 2.24) is 14.8 Å². The smallest absolute Gasteiger partial charge is 0.191 e. The highest BCUT2D eigenvalue weighted by molar-refractivity contribution is 7.99. The van der Waals surface area contributed by atoms with Gasteiger partial charge in [-0.05, 0) is 38.1 Å². The van der Waals surface area contributed by atoms with Gasteiger partial charge in [-0.3, -0.25) is 0 Å². The molecule has 18 heavy (non-hydrogen) atoms. The molecule has 0 radical (unpaired) electrons. The summed E-state index contributed by atoms with van der Waals surface area (Å²) < 4.78 is 2.35. The van der Waals surface area contributed by atoms with E-state index in [1.807, 2.05) is 11.8 Å². The molecule has 0 saturated heterocycles. The molecule has 1 saturated carbocycles. The van der Waals surface area contributed by atoms with Crippen LogP contribution in [-0.2, 0) is 13.0 Å². The third-order valence-corrected chi connectivity index (χ3v) is 5.66. The van der Waals surface area contributed by atoms with Gasteiger partial charge in [0, 0.05) is 18.2 Å². The zero-order valence-electron chi connectivity index (χ0n) is 10.8. The van der Waals surface area contributed by atoms with Gasteiger partial charge in [-0.1, -0.05) is 24.6 Å². The Kier molecular flexibility index (Phi) is 3.89. The number of fused-ring (bicyclic) bond motifs is 1. The molecule has 1 aliphatic carbocycles. The molecule has 0 spiro atoms. The summed E-state index contributed by atoms with van der Waals surface area (Å²) >= 11 is 1.92. The summed E-state index contributed by atoms with van der Waals surface area (Å²) in [6.07, 6.45) is 8.84. The van der Waals surface area contributed by atoms with Crippen molar-refractivity contribution in [3.05, 3.63) is 5.82 Å². The van der Waals surface area contributed by atoms with Crippen molar-refractivity contribution in [3.8, 4) is 0 Å². The largest absolute Gasteiger partial charge is 0.330 e. The maximum Gasteiger partial charge on any atom is 0.191 e. The van der Waals surface area contributed by atoms with E-state index in [2.05, 4.69) is 14.8 Å². The van der Waals surface area contributed by atoms with Crippen LogP contribution in [0.1, 0.15) is 44.3 Å². The molecular formula is C13H22N4S. The zero-order valence-corrected chi connectivity index (χ0v) is 11.7. The third kappa shape index (κ3) is 2.43. The van der Waals surface area contributed by atoms with E-state index in [0.29, 0.717) is 11.2 Å². The Morgan fingerprint density at radius 2 is 2.11 bits per heavy atom. The van der Waals surface area contributed by atoms with Crippen LogP contribution in [0.5, 0.6) is 0 Å². The maximum atomic E-state index is 5.86. The van der Waals surface area contributed by atoms with Crippen molar-refractivity contribution >= 4 is 11.8 Å². The Morgan fingerprint density at radius 3 is 3.00 bits per heavy atom. The first-order chi connectivity index (χ1) is 8.88. The fraction of sp³-hybridized carbons (Fsp3) is 0.846. The monoisotopic (exact) mass is 266 g/mol. The van der Waals surface area contributed by atoms with Crippen molar-refractivity contribution in [1.29, 1.82) is 0 Å². The molecule has 1 aromatic rings. The molecule has 2 aliphatic rings. The normalized spacial score (nSPS) is 28.1. The quantitative estimate of drug-likeness (QED) is 0.911. The molecule has 100 valence electrons. The van der Waals surface area contributed by atoms with Crippen LogP contribution in [0.2, 0.25) is 0 Å². The Morgan fingerprint density at radius 1 is 1.17 bits per heavy atom. The summed E-state index contributed by atoms with van der Waals surface area (Å²) in [4.78, 5) is 0. The summed E-state index contributed by atoms with van der Waals surface area (Å²) in [5.41, 5.74) is 5.86. The Bertz CT molecular complexity index is 404. The van der Waals surface area contributed by atoms with Gasteiger partial charge in [0.15, 0.2) is 5.16 Å². The average molecular weight is 266 g/mol. The van der Waals surface area contributed by atoms with Crippen molar-refractivity contribution in [3.63, 3.8) is 0 Å². The number of thioether (sulfide) groups is 1. The molecule has 2 unspecified atom stereocenters. The first-order valence-electron chi connectivity index (χ1n) is 7.17. The lowest BCUT2D eigenvalue weighted by molar-refractivity contribution is 0.564. The molecule has 0 aromatic carbocycles. The Balaban J connectivity index is 1.74. The minimum atomic E-state index is 0.659. The van der Waals surface area contributed by atoms with Crippen LogP contribution in [0.25, 0.3) is 0 Å². The van der Waals surface area contributed by atoms with Gasteiger partial charge in [0.05, 0.1) is 0 Å². The van der Waals surface area contributed by atoms with Crippen LogP contribution < -0.4 is 5.73 Å². The van der Waals surface area contributed by atoms with Gasteiger partial charge in [0.25, 0.3) is 0 Å². The first kappa shape index (κ1) is 12.5. The highest BCUT2D eigenvalue weighted by atomic mass is 32.2. The topological polar surface area (TPSA) is 56.7 Å². The van der Waals surface area contributed by atoms with E-state index in [4.69, 9.17) is 5.73 Å². The molecule has 2 heterocycles. The second kappa shape index (κ2) is 5.61. The second-order valence-electron chi connectivity index (χ2n) is 5.44. The van der Waals surface area contributed by atoms with E-state index in [9.17, 15) is 0 Å². The molecular weight excluding hydrogens is 244 g/mol. The minimum absolute atomic E-state index is 0.659. The van der Waals surface area contributed by atoms with E-state index in [0.717, 1.165) is 24.7 Å². The van der Waals surface area contributed by atoms with Gasteiger partial charge in [-0.15, -0.1) is 10.2 Å². The second-order valence-corrected chi connectivity index (χ2v) is 6.65. The fourth-order valence-electron chi connectivity index (χ4n) is 3.11. The molecule has 3 rings (SSSR count). The summed E-state index contributed by atoms with van der Waals surface area (Å²) in [5, 5.41) is 10.6. The molecule has 1 aromatic heterocycles.